The van der Waals surface area contributed by atoms with Crippen molar-refractivity contribution in [3.8, 4) is 0 Å². The highest BCUT2D eigenvalue weighted by Crippen LogP contribution is 2.05. The average Bonchev–Trinajstić information content (AvgIpc) is 2.88. The van der Waals surface area contributed by atoms with E-state index in [0.29, 0.717) is 12.6 Å². The molecule has 1 unspecified atom stereocenters. The molecule has 1 aliphatic heterocycles. The molecule has 1 aliphatic rings. The molecular formula is C13H21N3O2. The second-order valence-electron chi connectivity index (χ2n) is 4.82. The van der Waals surface area contributed by atoms with E-state index < -0.39 is 0 Å². The molecule has 2 heterocycles. The minimum absolute atomic E-state index is 0.0560. The van der Waals surface area contributed by atoms with Crippen LogP contribution in [0.2, 0.25) is 0 Å². The summed E-state index contributed by atoms with van der Waals surface area (Å²) in [6, 6.07) is 4.03. The number of piperazine rings is 1. The van der Waals surface area contributed by atoms with E-state index in [1.165, 1.54) is 0 Å². The van der Waals surface area contributed by atoms with E-state index in [-0.39, 0.29) is 11.9 Å². The molecule has 1 aromatic rings. The van der Waals surface area contributed by atoms with Crippen molar-refractivity contribution in [2.24, 2.45) is 0 Å². The van der Waals surface area contributed by atoms with Gasteiger partial charge in [0.2, 0.25) is 5.91 Å². The van der Waals surface area contributed by atoms with Gasteiger partial charge in [0.1, 0.15) is 5.76 Å². The Hall–Kier alpha value is -1.33. The summed E-state index contributed by atoms with van der Waals surface area (Å²) in [4.78, 5) is 14.2. The van der Waals surface area contributed by atoms with Crippen molar-refractivity contribution in [2.75, 3.05) is 19.6 Å². The molecule has 0 radical (unpaired) electrons. The molecule has 1 fully saturated rings. The SMILES string of the molecule is CC(C(=O)NCc1ccco1)N1CCN[C@@H](C)C1. The van der Waals surface area contributed by atoms with Crippen LogP contribution >= 0.6 is 0 Å². The lowest BCUT2D eigenvalue weighted by atomic mass is 10.1. The van der Waals surface area contributed by atoms with Gasteiger partial charge >= 0.3 is 0 Å². The summed E-state index contributed by atoms with van der Waals surface area (Å²) in [6.07, 6.45) is 1.61. The van der Waals surface area contributed by atoms with Crippen LogP contribution in [0.1, 0.15) is 19.6 Å². The second-order valence-corrected chi connectivity index (χ2v) is 4.82. The molecule has 1 amide bonds. The van der Waals surface area contributed by atoms with Crippen LogP contribution in [0.15, 0.2) is 22.8 Å². The van der Waals surface area contributed by atoms with Crippen molar-refractivity contribution in [1.82, 2.24) is 15.5 Å². The normalized spacial score (nSPS) is 22.7. The summed E-state index contributed by atoms with van der Waals surface area (Å²) in [5.74, 6) is 0.838. The molecule has 0 aliphatic carbocycles. The van der Waals surface area contributed by atoms with Gasteiger partial charge in [-0.3, -0.25) is 9.69 Å². The van der Waals surface area contributed by atoms with Crippen LogP contribution in [0.25, 0.3) is 0 Å². The molecule has 0 bridgehead atoms. The summed E-state index contributed by atoms with van der Waals surface area (Å²) >= 11 is 0. The van der Waals surface area contributed by atoms with E-state index in [1.54, 1.807) is 6.26 Å². The summed E-state index contributed by atoms with van der Waals surface area (Å²) in [7, 11) is 0. The number of rotatable bonds is 4. The zero-order valence-electron chi connectivity index (χ0n) is 11.0. The fraction of sp³-hybridized carbons (Fsp3) is 0.615. The van der Waals surface area contributed by atoms with Crippen molar-refractivity contribution in [2.45, 2.75) is 32.5 Å². The first kappa shape index (κ1) is 13.1. The first-order valence-electron chi connectivity index (χ1n) is 6.44. The Kier molecular flexibility index (Phi) is 4.38. The molecule has 0 aromatic carbocycles. The van der Waals surface area contributed by atoms with Gasteiger partial charge < -0.3 is 15.1 Å². The van der Waals surface area contributed by atoms with E-state index in [2.05, 4.69) is 22.5 Å². The molecule has 100 valence electrons. The average molecular weight is 251 g/mol. The van der Waals surface area contributed by atoms with Crippen molar-refractivity contribution < 1.29 is 9.21 Å². The fourth-order valence-electron chi connectivity index (χ4n) is 2.21. The zero-order chi connectivity index (χ0) is 13.0. The lowest BCUT2D eigenvalue weighted by molar-refractivity contribution is -0.126. The van der Waals surface area contributed by atoms with Gasteiger partial charge in [-0.1, -0.05) is 0 Å². The number of nitrogens with one attached hydrogen (secondary N) is 2. The maximum Gasteiger partial charge on any atom is 0.237 e. The van der Waals surface area contributed by atoms with Crippen molar-refractivity contribution in [3.63, 3.8) is 0 Å². The van der Waals surface area contributed by atoms with Gasteiger partial charge in [0.25, 0.3) is 0 Å². The standard InChI is InChI=1S/C13H21N3O2/c1-10-9-16(6-5-14-10)11(2)13(17)15-8-12-4-3-7-18-12/h3-4,7,10-11,14H,5-6,8-9H2,1-2H3,(H,15,17)/t10-,11?/m0/s1. The third-order valence-electron chi connectivity index (χ3n) is 3.34. The molecule has 2 N–H and O–H groups in total. The van der Waals surface area contributed by atoms with Crippen LogP contribution < -0.4 is 10.6 Å². The summed E-state index contributed by atoms with van der Waals surface area (Å²) in [6.45, 7) is 7.32. The van der Waals surface area contributed by atoms with Crippen LogP contribution in [-0.4, -0.2) is 42.5 Å². The number of nitrogens with zero attached hydrogens (tertiary/aromatic N) is 1. The molecule has 1 saturated heterocycles. The Balaban J connectivity index is 1.80. The van der Waals surface area contributed by atoms with E-state index in [9.17, 15) is 4.79 Å². The molecule has 5 nitrogen and oxygen atoms in total. The van der Waals surface area contributed by atoms with E-state index in [1.807, 2.05) is 19.1 Å². The van der Waals surface area contributed by atoms with E-state index >= 15 is 0 Å². The van der Waals surface area contributed by atoms with Crippen LogP contribution in [-0.2, 0) is 11.3 Å². The van der Waals surface area contributed by atoms with E-state index in [4.69, 9.17) is 4.42 Å². The summed E-state index contributed by atoms with van der Waals surface area (Å²) in [5.41, 5.74) is 0. The van der Waals surface area contributed by atoms with Crippen molar-refractivity contribution >= 4 is 5.91 Å². The molecule has 0 spiro atoms. The number of hydrogen-bond donors (Lipinski definition) is 2. The molecule has 1 aromatic heterocycles. The lowest BCUT2D eigenvalue weighted by Crippen LogP contribution is -2.55. The highest BCUT2D eigenvalue weighted by Gasteiger charge is 2.25. The minimum Gasteiger partial charge on any atom is -0.467 e. The van der Waals surface area contributed by atoms with Crippen molar-refractivity contribution in [1.29, 1.82) is 0 Å². The van der Waals surface area contributed by atoms with Gasteiger partial charge in [-0.2, -0.15) is 0 Å². The number of carbonyl (C=O) groups excluding carboxylic acids is 1. The third kappa shape index (κ3) is 3.34. The van der Waals surface area contributed by atoms with Gasteiger partial charge in [-0.25, -0.2) is 0 Å². The van der Waals surface area contributed by atoms with Crippen LogP contribution in [0.5, 0.6) is 0 Å². The first-order valence-corrected chi connectivity index (χ1v) is 6.44. The maximum absolute atomic E-state index is 12.0. The number of carbonyl (C=O) groups is 1. The number of amides is 1. The Bertz CT molecular complexity index is 378. The monoisotopic (exact) mass is 251 g/mol. The Morgan fingerprint density at radius 1 is 1.72 bits per heavy atom. The van der Waals surface area contributed by atoms with Gasteiger partial charge in [0.15, 0.2) is 0 Å². The Labute approximate surface area is 108 Å². The van der Waals surface area contributed by atoms with Crippen LogP contribution in [0.4, 0.5) is 0 Å². The summed E-state index contributed by atoms with van der Waals surface area (Å²) in [5, 5.41) is 6.27. The number of furan rings is 1. The largest absolute Gasteiger partial charge is 0.467 e. The Morgan fingerprint density at radius 3 is 3.22 bits per heavy atom. The second kappa shape index (κ2) is 6.02. The van der Waals surface area contributed by atoms with Crippen LogP contribution in [0.3, 0.4) is 0 Å². The smallest absolute Gasteiger partial charge is 0.237 e. The highest BCUT2D eigenvalue weighted by molar-refractivity contribution is 5.81. The molecule has 2 atom stereocenters. The molecule has 5 heteroatoms. The van der Waals surface area contributed by atoms with Gasteiger partial charge in [-0.05, 0) is 26.0 Å². The summed E-state index contributed by atoms with van der Waals surface area (Å²) < 4.78 is 5.19. The third-order valence-corrected chi connectivity index (χ3v) is 3.34. The maximum atomic E-state index is 12.0. The number of hydrogen-bond acceptors (Lipinski definition) is 4. The van der Waals surface area contributed by atoms with Gasteiger partial charge in [0.05, 0.1) is 18.8 Å². The quantitative estimate of drug-likeness (QED) is 0.822. The van der Waals surface area contributed by atoms with Crippen LogP contribution in [0, 0.1) is 0 Å². The predicted octanol–water partition coefficient (Wildman–Crippen LogP) is 0.578. The predicted molar refractivity (Wildman–Crippen MR) is 69.1 cm³/mol. The van der Waals surface area contributed by atoms with Crippen molar-refractivity contribution in [3.05, 3.63) is 24.2 Å². The zero-order valence-corrected chi connectivity index (χ0v) is 11.0. The fourth-order valence-corrected chi connectivity index (χ4v) is 2.21. The topological polar surface area (TPSA) is 57.5 Å². The lowest BCUT2D eigenvalue weighted by Gasteiger charge is -2.35. The molecule has 0 saturated carbocycles. The van der Waals surface area contributed by atoms with Gasteiger partial charge in [-0.15, -0.1) is 0 Å². The first-order chi connectivity index (χ1) is 8.66. The minimum atomic E-state index is -0.0930. The molecule has 2 rings (SSSR count). The molecule has 18 heavy (non-hydrogen) atoms. The Morgan fingerprint density at radius 2 is 2.56 bits per heavy atom. The van der Waals surface area contributed by atoms with E-state index in [0.717, 1.165) is 25.4 Å². The molecular weight excluding hydrogens is 230 g/mol. The highest BCUT2D eigenvalue weighted by atomic mass is 16.3. The van der Waals surface area contributed by atoms with Gasteiger partial charge in [0, 0.05) is 25.7 Å².